The Morgan fingerprint density at radius 2 is 2.21 bits per heavy atom. The Hall–Kier alpha value is -1.70. The van der Waals surface area contributed by atoms with Gasteiger partial charge < -0.3 is 5.32 Å². The van der Waals surface area contributed by atoms with Crippen LogP contribution in [0.1, 0.15) is 29.8 Å². The first-order valence-electron chi connectivity index (χ1n) is 6.03. The monoisotopic (exact) mass is 315 g/mol. The second-order valence-corrected chi connectivity index (χ2v) is 5.20. The van der Waals surface area contributed by atoms with Gasteiger partial charge in [0.05, 0.1) is 0 Å². The molecule has 1 atom stereocenters. The lowest BCUT2D eigenvalue weighted by atomic mass is 10.1. The summed E-state index contributed by atoms with van der Waals surface area (Å²) in [5.41, 5.74) is 2.61. The molecule has 1 heterocycles. The van der Waals surface area contributed by atoms with Crippen molar-refractivity contribution in [2.24, 2.45) is 0 Å². The molecule has 0 bridgehead atoms. The molecule has 2 aromatic rings. The highest BCUT2D eigenvalue weighted by Crippen LogP contribution is 2.18. The third-order valence-electron chi connectivity index (χ3n) is 2.94. The molecule has 0 radical (unpaired) electrons. The number of rotatable bonds is 4. The van der Waals surface area contributed by atoms with Crippen LogP contribution in [0.15, 0.2) is 47.1 Å². The molecule has 0 saturated heterocycles. The molecule has 3 nitrogen and oxygen atoms in total. The number of nitrogens with one attached hydrogen (secondary N) is 1. The maximum absolute atomic E-state index is 8.99. The van der Waals surface area contributed by atoms with Gasteiger partial charge in [0.1, 0.15) is 11.8 Å². The molecular weight excluding hydrogens is 302 g/mol. The van der Waals surface area contributed by atoms with Crippen LogP contribution >= 0.6 is 15.9 Å². The molecule has 19 heavy (non-hydrogen) atoms. The predicted octanol–water partition coefficient (Wildman–Crippen LogP) is 3.57. The summed E-state index contributed by atoms with van der Waals surface area (Å²) in [6, 6.07) is 14.3. The van der Waals surface area contributed by atoms with Crippen molar-refractivity contribution in [2.75, 3.05) is 0 Å². The van der Waals surface area contributed by atoms with Crippen molar-refractivity contribution in [3.63, 3.8) is 0 Å². The summed E-state index contributed by atoms with van der Waals surface area (Å²) < 4.78 is 1.07. The van der Waals surface area contributed by atoms with Gasteiger partial charge in [-0.2, -0.15) is 5.26 Å². The minimum absolute atomic E-state index is 0.212. The van der Waals surface area contributed by atoms with E-state index in [2.05, 4.69) is 51.4 Å². The van der Waals surface area contributed by atoms with Gasteiger partial charge in [-0.05, 0) is 30.7 Å². The molecule has 0 saturated carbocycles. The molecule has 0 spiro atoms. The van der Waals surface area contributed by atoms with Gasteiger partial charge in [-0.1, -0.05) is 34.1 Å². The maximum atomic E-state index is 8.99. The van der Waals surface area contributed by atoms with E-state index in [-0.39, 0.29) is 6.04 Å². The van der Waals surface area contributed by atoms with Gasteiger partial charge in [0.2, 0.25) is 0 Å². The molecule has 4 heteroatoms. The van der Waals surface area contributed by atoms with E-state index in [1.165, 1.54) is 5.56 Å². The standard InChI is InChI=1S/C15H14BrN3/c1-11(12-4-2-6-14(16)8-12)19-10-13-5-3-7-18-15(13)9-17/h2-8,11,19H,10H2,1H3. The Labute approximate surface area is 121 Å². The van der Waals surface area contributed by atoms with Crippen LogP contribution in [0.3, 0.4) is 0 Å². The largest absolute Gasteiger partial charge is 0.306 e. The molecule has 1 aromatic heterocycles. The zero-order valence-electron chi connectivity index (χ0n) is 10.6. The highest BCUT2D eigenvalue weighted by atomic mass is 79.9. The van der Waals surface area contributed by atoms with Crippen LogP contribution in [0, 0.1) is 11.3 Å². The third kappa shape index (κ3) is 3.63. The van der Waals surface area contributed by atoms with Crippen molar-refractivity contribution in [2.45, 2.75) is 19.5 Å². The minimum Gasteiger partial charge on any atom is -0.306 e. The highest BCUT2D eigenvalue weighted by molar-refractivity contribution is 9.10. The fourth-order valence-electron chi connectivity index (χ4n) is 1.84. The van der Waals surface area contributed by atoms with Crippen LogP contribution in [0.5, 0.6) is 0 Å². The van der Waals surface area contributed by atoms with E-state index in [9.17, 15) is 0 Å². The van der Waals surface area contributed by atoms with E-state index >= 15 is 0 Å². The van der Waals surface area contributed by atoms with E-state index in [1.54, 1.807) is 6.20 Å². The van der Waals surface area contributed by atoms with Crippen molar-refractivity contribution in [1.82, 2.24) is 10.3 Å². The van der Waals surface area contributed by atoms with Crippen LogP contribution in [-0.2, 0) is 6.54 Å². The second kappa shape index (κ2) is 6.46. The molecule has 0 aliphatic heterocycles. The van der Waals surface area contributed by atoms with Crippen LogP contribution in [0.4, 0.5) is 0 Å². The van der Waals surface area contributed by atoms with E-state index in [4.69, 9.17) is 5.26 Å². The molecule has 0 fully saturated rings. The number of nitrogens with zero attached hydrogens (tertiary/aromatic N) is 2. The average molecular weight is 316 g/mol. The number of pyridine rings is 1. The Morgan fingerprint density at radius 1 is 1.37 bits per heavy atom. The Morgan fingerprint density at radius 3 is 2.95 bits per heavy atom. The normalized spacial score (nSPS) is 11.8. The molecule has 96 valence electrons. The Kier molecular flexibility index (Phi) is 4.67. The third-order valence-corrected chi connectivity index (χ3v) is 3.44. The van der Waals surface area contributed by atoms with Crippen molar-refractivity contribution < 1.29 is 0 Å². The van der Waals surface area contributed by atoms with Gasteiger partial charge in [0.25, 0.3) is 0 Å². The summed E-state index contributed by atoms with van der Waals surface area (Å²) >= 11 is 3.47. The Balaban J connectivity index is 2.05. The number of hydrogen-bond acceptors (Lipinski definition) is 3. The summed E-state index contributed by atoms with van der Waals surface area (Å²) in [4.78, 5) is 4.05. The van der Waals surface area contributed by atoms with Crippen LogP contribution in [0.25, 0.3) is 0 Å². The van der Waals surface area contributed by atoms with Gasteiger partial charge in [-0.3, -0.25) is 0 Å². The van der Waals surface area contributed by atoms with Gasteiger partial charge in [-0.25, -0.2) is 4.98 Å². The maximum Gasteiger partial charge on any atom is 0.144 e. The molecule has 1 N–H and O–H groups in total. The SMILES string of the molecule is CC(NCc1cccnc1C#N)c1cccc(Br)c1. The summed E-state index contributed by atoms with van der Waals surface area (Å²) in [6.45, 7) is 2.73. The zero-order chi connectivity index (χ0) is 13.7. The number of nitriles is 1. The average Bonchev–Trinajstić information content (AvgIpc) is 2.45. The lowest BCUT2D eigenvalue weighted by Crippen LogP contribution is -2.18. The molecule has 2 rings (SSSR count). The number of aromatic nitrogens is 1. The first-order chi connectivity index (χ1) is 9.20. The van der Waals surface area contributed by atoms with Crippen molar-refractivity contribution in [1.29, 1.82) is 5.26 Å². The number of benzene rings is 1. The van der Waals surface area contributed by atoms with Crippen molar-refractivity contribution in [3.05, 3.63) is 63.9 Å². The summed E-state index contributed by atoms with van der Waals surface area (Å²) in [6.07, 6.45) is 1.64. The van der Waals surface area contributed by atoms with E-state index in [0.717, 1.165) is 10.0 Å². The fraction of sp³-hybridized carbons (Fsp3) is 0.200. The minimum atomic E-state index is 0.212. The predicted molar refractivity (Wildman–Crippen MR) is 78.3 cm³/mol. The first-order valence-corrected chi connectivity index (χ1v) is 6.83. The molecular formula is C15H14BrN3. The summed E-state index contributed by atoms with van der Waals surface area (Å²) in [5.74, 6) is 0. The Bertz CT molecular complexity index is 604. The van der Waals surface area contributed by atoms with Gasteiger partial charge >= 0.3 is 0 Å². The van der Waals surface area contributed by atoms with Crippen LogP contribution < -0.4 is 5.32 Å². The van der Waals surface area contributed by atoms with Crippen molar-refractivity contribution >= 4 is 15.9 Å². The molecule has 1 aromatic carbocycles. The molecule has 0 aliphatic carbocycles. The fourth-order valence-corrected chi connectivity index (χ4v) is 2.26. The van der Waals surface area contributed by atoms with Crippen molar-refractivity contribution in [3.8, 4) is 6.07 Å². The van der Waals surface area contributed by atoms with Crippen LogP contribution in [-0.4, -0.2) is 4.98 Å². The molecule has 0 amide bonds. The highest BCUT2D eigenvalue weighted by Gasteiger charge is 2.07. The van der Waals surface area contributed by atoms with Gasteiger partial charge in [-0.15, -0.1) is 0 Å². The number of hydrogen-bond donors (Lipinski definition) is 1. The number of halogens is 1. The van der Waals surface area contributed by atoms with Gasteiger partial charge in [0, 0.05) is 28.8 Å². The quantitative estimate of drug-likeness (QED) is 0.938. The van der Waals surface area contributed by atoms with Crippen LogP contribution in [0.2, 0.25) is 0 Å². The first kappa shape index (κ1) is 13.7. The summed E-state index contributed by atoms with van der Waals surface area (Å²) in [5, 5.41) is 12.4. The van der Waals surface area contributed by atoms with Gasteiger partial charge in [0.15, 0.2) is 0 Å². The van der Waals surface area contributed by atoms with E-state index in [0.29, 0.717) is 12.2 Å². The zero-order valence-corrected chi connectivity index (χ0v) is 12.2. The van der Waals surface area contributed by atoms with E-state index in [1.807, 2.05) is 24.3 Å². The molecule has 0 aliphatic rings. The topological polar surface area (TPSA) is 48.7 Å². The summed E-state index contributed by atoms with van der Waals surface area (Å²) in [7, 11) is 0. The smallest absolute Gasteiger partial charge is 0.144 e. The van der Waals surface area contributed by atoms with E-state index < -0.39 is 0 Å². The lowest BCUT2D eigenvalue weighted by molar-refractivity contribution is 0.573. The molecule has 1 unspecified atom stereocenters. The lowest BCUT2D eigenvalue weighted by Gasteiger charge is -2.15. The second-order valence-electron chi connectivity index (χ2n) is 4.28.